The van der Waals surface area contributed by atoms with E-state index in [9.17, 15) is 9.59 Å². The molecule has 0 heterocycles. The number of hydrogen-bond acceptors (Lipinski definition) is 4. The fraction of sp³-hybridized carbons (Fsp3) is 0.0588. The third-order valence-corrected chi connectivity index (χ3v) is 2.55. The summed E-state index contributed by atoms with van der Waals surface area (Å²) in [6, 6.07) is 15.6. The molecule has 22 heavy (non-hydrogen) atoms. The molecule has 5 heteroatoms. The molecule has 0 bridgehead atoms. The zero-order valence-corrected chi connectivity index (χ0v) is 12.0. The molecule has 1 N–H and O–H groups in total. The topological polar surface area (TPSA) is 64.6 Å². The first-order chi connectivity index (χ1) is 10.6. The van der Waals surface area contributed by atoms with Crippen LogP contribution in [0.5, 0.6) is 11.5 Å². The summed E-state index contributed by atoms with van der Waals surface area (Å²) in [4.78, 5) is 22.5. The van der Waals surface area contributed by atoms with Crippen LogP contribution in [0.2, 0.25) is 0 Å². The number of carbonyl (C=O) groups excluding carboxylic acids is 2. The van der Waals surface area contributed by atoms with Crippen LogP contribution in [0.4, 0.5) is 5.69 Å². The van der Waals surface area contributed by atoms with Crippen molar-refractivity contribution in [3.63, 3.8) is 0 Å². The van der Waals surface area contributed by atoms with Gasteiger partial charge in [-0.2, -0.15) is 0 Å². The van der Waals surface area contributed by atoms with Gasteiger partial charge in [0.15, 0.2) is 0 Å². The number of benzene rings is 2. The normalized spacial score (nSPS) is 10.2. The van der Waals surface area contributed by atoms with E-state index >= 15 is 0 Å². The molecule has 0 aliphatic rings. The second kappa shape index (κ2) is 7.64. The molecule has 2 aromatic rings. The Labute approximate surface area is 128 Å². The monoisotopic (exact) mass is 297 g/mol. The van der Waals surface area contributed by atoms with E-state index in [2.05, 4.69) is 5.32 Å². The van der Waals surface area contributed by atoms with Gasteiger partial charge in [-0.3, -0.25) is 9.59 Å². The molecule has 0 saturated carbocycles. The molecule has 0 atom stereocenters. The molecule has 0 radical (unpaired) electrons. The number of hydrogen-bond donors (Lipinski definition) is 1. The van der Waals surface area contributed by atoms with Crippen molar-refractivity contribution in [2.45, 2.75) is 6.92 Å². The maximum atomic E-state index is 11.7. The van der Waals surface area contributed by atoms with Gasteiger partial charge in [-0.1, -0.05) is 18.2 Å². The predicted molar refractivity (Wildman–Crippen MR) is 82.6 cm³/mol. The van der Waals surface area contributed by atoms with Crippen LogP contribution in [0.1, 0.15) is 6.92 Å². The highest BCUT2D eigenvalue weighted by Crippen LogP contribution is 2.15. The molecule has 112 valence electrons. The molecule has 1 amide bonds. The molecule has 0 saturated heterocycles. The van der Waals surface area contributed by atoms with E-state index in [-0.39, 0.29) is 5.91 Å². The summed E-state index contributed by atoms with van der Waals surface area (Å²) in [7, 11) is 0. The van der Waals surface area contributed by atoms with Crippen LogP contribution in [-0.2, 0) is 9.59 Å². The summed E-state index contributed by atoms with van der Waals surface area (Å²) in [5.41, 5.74) is 0.588. The molecule has 2 rings (SSSR count). The minimum absolute atomic E-state index is 0.323. The van der Waals surface area contributed by atoms with Gasteiger partial charge in [-0.15, -0.1) is 0 Å². The van der Waals surface area contributed by atoms with Crippen LogP contribution in [0.15, 0.2) is 66.9 Å². The number of nitrogens with one attached hydrogen (secondary N) is 1. The standard InChI is InChI=1S/C17H15NO4/c1-13(19)22-16-9-7-14(8-10-16)18-17(20)11-12-21-15-5-3-2-4-6-15/h2-12H,1H3,(H,18,20). The van der Waals surface area contributed by atoms with Gasteiger partial charge in [0, 0.05) is 18.7 Å². The predicted octanol–water partition coefficient (Wildman–Crippen LogP) is 3.14. The molecule has 2 aromatic carbocycles. The lowest BCUT2D eigenvalue weighted by Gasteiger charge is -2.04. The van der Waals surface area contributed by atoms with E-state index in [0.29, 0.717) is 17.2 Å². The Kier molecular flexibility index (Phi) is 5.31. The van der Waals surface area contributed by atoms with Crippen molar-refractivity contribution in [1.29, 1.82) is 0 Å². The highest BCUT2D eigenvalue weighted by molar-refractivity contribution is 5.99. The first-order valence-electron chi connectivity index (χ1n) is 6.61. The highest BCUT2D eigenvalue weighted by Gasteiger charge is 2.00. The summed E-state index contributed by atoms with van der Waals surface area (Å²) in [6.07, 6.45) is 2.60. The average molecular weight is 297 g/mol. The van der Waals surface area contributed by atoms with Crippen LogP contribution >= 0.6 is 0 Å². The highest BCUT2D eigenvalue weighted by atomic mass is 16.5. The van der Waals surface area contributed by atoms with Crippen molar-refractivity contribution < 1.29 is 19.1 Å². The summed E-state index contributed by atoms with van der Waals surface area (Å²) in [6.45, 7) is 1.33. The van der Waals surface area contributed by atoms with Gasteiger partial charge < -0.3 is 14.8 Å². The van der Waals surface area contributed by atoms with Crippen LogP contribution in [0.3, 0.4) is 0 Å². The van der Waals surface area contributed by atoms with Crippen LogP contribution in [0.25, 0.3) is 0 Å². The van der Waals surface area contributed by atoms with Crippen molar-refractivity contribution in [1.82, 2.24) is 0 Å². The summed E-state index contributed by atoms with van der Waals surface area (Å²) >= 11 is 0. The molecular weight excluding hydrogens is 282 g/mol. The molecule has 5 nitrogen and oxygen atoms in total. The van der Waals surface area contributed by atoms with E-state index in [1.54, 1.807) is 36.4 Å². The second-order valence-electron chi connectivity index (χ2n) is 4.34. The van der Waals surface area contributed by atoms with Gasteiger partial charge in [0.1, 0.15) is 11.5 Å². The molecular formula is C17H15NO4. The van der Waals surface area contributed by atoms with Gasteiger partial charge in [0.2, 0.25) is 0 Å². The number of rotatable bonds is 5. The molecule has 0 spiro atoms. The fourth-order valence-electron chi connectivity index (χ4n) is 1.63. The van der Waals surface area contributed by atoms with E-state index in [1.807, 2.05) is 18.2 Å². The van der Waals surface area contributed by atoms with Gasteiger partial charge in [-0.25, -0.2) is 0 Å². The van der Waals surface area contributed by atoms with Crippen molar-refractivity contribution in [3.05, 3.63) is 66.9 Å². The maximum absolute atomic E-state index is 11.7. The quantitative estimate of drug-likeness (QED) is 0.398. The van der Waals surface area contributed by atoms with Crippen LogP contribution in [-0.4, -0.2) is 11.9 Å². The van der Waals surface area contributed by atoms with Gasteiger partial charge in [0.05, 0.1) is 6.26 Å². The van der Waals surface area contributed by atoms with Gasteiger partial charge >= 0.3 is 5.97 Å². The smallest absolute Gasteiger partial charge is 0.308 e. The molecule has 0 aliphatic heterocycles. The number of ether oxygens (including phenoxy) is 2. The number of esters is 1. The SMILES string of the molecule is CC(=O)Oc1ccc(NC(=O)C=COc2ccccc2)cc1. The van der Waals surface area contributed by atoms with E-state index < -0.39 is 5.97 Å². The number of anilines is 1. The Bertz CT molecular complexity index is 663. The summed E-state index contributed by atoms with van der Waals surface area (Å²) in [5, 5.41) is 2.66. The van der Waals surface area contributed by atoms with Gasteiger partial charge in [-0.05, 0) is 36.4 Å². The lowest BCUT2D eigenvalue weighted by atomic mass is 10.3. The molecule has 0 fully saturated rings. The second-order valence-corrected chi connectivity index (χ2v) is 4.34. The zero-order chi connectivity index (χ0) is 15.8. The van der Waals surface area contributed by atoms with Crippen molar-refractivity contribution in [2.75, 3.05) is 5.32 Å². The summed E-state index contributed by atoms with van der Waals surface area (Å²) in [5.74, 6) is 0.361. The van der Waals surface area contributed by atoms with Crippen molar-refractivity contribution in [3.8, 4) is 11.5 Å². The van der Waals surface area contributed by atoms with Crippen LogP contribution < -0.4 is 14.8 Å². The Morgan fingerprint density at radius 3 is 2.27 bits per heavy atom. The lowest BCUT2D eigenvalue weighted by Crippen LogP contribution is -2.08. The largest absolute Gasteiger partial charge is 0.465 e. The third-order valence-electron chi connectivity index (χ3n) is 2.55. The zero-order valence-electron chi connectivity index (χ0n) is 12.0. The van der Waals surface area contributed by atoms with Crippen molar-refractivity contribution >= 4 is 17.6 Å². The van der Waals surface area contributed by atoms with E-state index in [0.717, 1.165) is 0 Å². The lowest BCUT2D eigenvalue weighted by molar-refractivity contribution is -0.131. The molecule has 0 aliphatic carbocycles. The number of para-hydroxylation sites is 1. The Morgan fingerprint density at radius 1 is 0.955 bits per heavy atom. The fourth-order valence-corrected chi connectivity index (χ4v) is 1.63. The number of carbonyl (C=O) groups is 2. The van der Waals surface area contributed by atoms with E-state index in [4.69, 9.17) is 9.47 Å². The maximum Gasteiger partial charge on any atom is 0.308 e. The van der Waals surface area contributed by atoms with Crippen molar-refractivity contribution in [2.24, 2.45) is 0 Å². The first-order valence-corrected chi connectivity index (χ1v) is 6.61. The molecule has 0 aromatic heterocycles. The number of amides is 1. The Morgan fingerprint density at radius 2 is 1.64 bits per heavy atom. The minimum atomic E-state index is -0.391. The van der Waals surface area contributed by atoms with Gasteiger partial charge in [0.25, 0.3) is 5.91 Å². The Hall–Kier alpha value is -3.08. The first kappa shape index (κ1) is 15.3. The average Bonchev–Trinajstić information content (AvgIpc) is 2.50. The van der Waals surface area contributed by atoms with E-state index in [1.165, 1.54) is 19.3 Å². The third kappa shape index (κ3) is 5.13. The summed E-state index contributed by atoms with van der Waals surface area (Å²) < 4.78 is 10.2. The molecule has 0 unspecified atom stereocenters. The minimum Gasteiger partial charge on any atom is -0.465 e. The van der Waals surface area contributed by atoms with Crippen LogP contribution in [0, 0.1) is 0 Å². The Balaban J connectivity index is 1.85.